The third-order valence-corrected chi connectivity index (χ3v) is 7.13. The summed E-state index contributed by atoms with van der Waals surface area (Å²) in [6.07, 6.45) is 2.43. The monoisotopic (exact) mass is 405 g/mol. The fourth-order valence-corrected chi connectivity index (χ4v) is 5.46. The highest BCUT2D eigenvalue weighted by molar-refractivity contribution is 7.99. The number of hydrogen-bond acceptors (Lipinski definition) is 6. The van der Waals surface area contributed by atoms with Gasteiger partial charge in [0.05, 0.1) is 11.1 Å². The van der Waals surface area contributed by atoms with Crippen molar-refractivity contribution in [2.24, 2.45) is 5.92 Å². The summed E-state index contributed by atoms with van der Waals surface area (Å²) in [7, 11) is 0. The van der Waals surface area contributed by atoms with E-state index in [-0.39, 0.29) is 17.2 Å². The van der Waals surface area contributed by atoms with Crippen LogP contribution in [0.1, 0.15) is 19.8 Å². The average molecular weight is 406 g/mol. The zero-order valence-electron chi connectivity index (χ0n) is 14.4. The zero-order chi connectivity index (χ0) is 18.1. The van der Waals surface area contributed by atoms with Gasteiger partial charge < -0.3 is 5.32 Å². The maximum Gasteiger partial charge on any atom is 0.263 e. The summed E-state index contributed by atoms with van der Waals surface area (Å²) in [6, 6.07) is 4.01. The van der Waals surface area contributed by atoms with Crippen molar-refractivity contribution in [1.82, 2.24) is 14.9 Å². The Morgan fingerprint density at radius 2 is 2.27 bits per heavy atom. The lowest BCUT2D eigenvalue weighted by Crippen LogP contribution is -2.28. The van der Waals surface area contributed by atoms with Crippen LogP contribution >= 0.6 is 34.4 Å². The normalized spacial score (nSPS) is 14.0. The van der Waals surface area contributed by atoms with Gasteiger partial charge >= 0.3 is 0 Å². The first-order chi connectivity index (χ1) is 12.7. The van der Waals surface area contributed by atoms with E-state index in [4.69, 9.17) is 0 Å². The van der Waals surface area contributed by atoms with Gasteiger partial charge in [0.1, 0.15) is 4.83 Å². The average Bonchev–Trinajstić information content (AvgIpc) is 3.13. The van der Waals surface area contributed by atoms with Gasteiger partial charge in [0, 0.05) is 28.9 Å². The molecule has 5 nitrogen and oxygen atoms in total. The molecule has 3 aromatic heterocycles. The summed E-state index contributed by atoms with van der Waals surface area (Å²) in [5.74, 6) is 0.951. The number of carbonyl (C=O) groups is 1. The van der Waals surface area contributed by atoms with Crippen molar-refractivity contribution < 1.29 is 4.79 Å². The van der Waals surface area contributed by atoms with E-state index in [1.165, 1.54) is 35.9 Å². The number of amides is 1. The molecule has 1 amide bonds. The fraction of sp³-hybridized carbons (Fsp3) is 0.389. The van der Waals surface area contributed by atoms with Gasteiger partial charge in [-0.3, -0.25) is 14.2 Å². The van der Waals surface area contributed by atoms with Gasteiger partial charge in [-0.2, -0.15) is 0 Å². The number of nitrogens with zero attached hydrogens (tertiary/aromatic N) is 2. The van der Waals surface area contributed by atoms with E-state index in [1.54, 1.807) is 15.9 Å². The summed E-state index contributed by atoms with van der Waals surface area (Å²) in [5.41, 5.74) is 0.932. The molecule has 3 heterocycles. The maximum absolute atomic E-state index is 13.0. The Morgan fingerprint density at radius 3 is 2.96 bits per heavy atom. The molecular formula is C18H19N3O2S3. The lowest BCUT2D eigenvalue weighted by atomic mass is 10.2. The van der Waals surface area contributed by atoms with Crippen LogP contribution in [0, 0.1) is 5.92 Å². The van der Waals surface area contributed by atoms with E-state index in [9.17, 15) is 9.59 Å². The maximum atomic E-state index is 13.0. The second-order valence-electron chi connectivity index (χ2n) is 6.29. The molecule has 1 aliphatic carbocycles. The molecule has 0 aliphatic heterocycles. The molecule has 0 radical (unpaired) electrons. The number of thioether (sulfide) groups is 1. The SMILES string of the molecule is CCn1c(SCC(=O)NCC2CC2)nc2scc(-c3cccs3)c2c1=O. The number of nitrogens with one attached hydrogen (secondary N) is 1. The summed E-state index contributed by atoms with van der Waals surface area (Å²) < 4.78 is 1.67. The first-order valence-electron chi connectivity index (χ1n) is 8.62. The van der Waals surface area contributed by atoms with Crippen LogP contribution in [-0.2, 0) is 11.3 Å². The molecule has 0 bridgehead atoms. The minimum atomic E-state index is -0.0250. The van der Waals surface area contributed by atoms with Gasteiger partial charge in [0.25, 0.3) is 5.56 Å². The molecule has 1 N–H and O–H groups in total. The molecule has 8 heteroatoms. The Bertz CT molecular complexity index is 987. The lowest BCUT2D eigenvalue weighted by molar-refractivity contribution is -0.118. The molecule has 3 aromatic rings. The number of thiophene rings is 2. The highest BCUT2D eigenvalue weighted by atomic mass is 32.2. The van der Waals surface area contributed by atoms with Gasteiger partial charge in [-0.15, -0.1) is 22.7 Å². The Hall–Kier alpha value is -1.64. The molecule has 1 saturated carbocycles. The van der Waals surface area contributed by atoms with Gasteiger partial charge in [-0.05, 0) is 37.1 Å². The molecule has 0 atom stereocenters. The van der Waals surface area contributed by atoms with Crippen molar-refractivity contribution in [3.8, 4) is 10.4 Å². The standard InChI is InChI=1S/C18H19N3O2S3/c1-2-21-17(23)15-12(13-4-3-7-24-13)9-25-16(15)20-18(21)26-10-14(22)19-8-11-5-6-11/h3-4,7,9,11H,2,5-6,8,10H2,1H3,(H,19,22). The van der Waals surface area contributed by atoms with Crippen LogP contribution in [0.25, 0.3) is 20.7 Å². The Morgan fingerprint density at radius 1 is 1.42 bits per heavy atom. The van der Waals surface area contributed by atoms with Crippen molar-refractivity contribution in [3.05, 3.63) is 33.2 Å². The van der Waals surface area contributed by atoms with Gasteiger partial charge in [0.2, 0.25) is 5.91 Å². The largest absolute Gasteiger partial charge is 0.355 e. The highest BCUT2D eigenvalue weighted by Crippen LogP contribution is 2.34. The van der Waals surface area contributed by atoms with E-state index in [2.05, 4.69) is 10.3 Å². The molecule has 0 spiro atoms. The van der Waals surface area contributed by atoms with Crippen LogP contribution in [0.4, 0.5) is 0 Å². The quantitative estimate of drug-likeness (QED) is 0.479. The van der Waals surface area contributed by atoms with E-state index in [0.29, 0.717) is 23.0 Å². The second kappa shape index (κ2) is 7.54. The highest BCUT2D eigenvalue weighted by Gasteiger charge is 2.22. The molecule has 1 aliphatic rings. The second-order valence-corrected chi connectivity index (χ2v) is 9.04. The first kappa shape index (κ1) is 17.8. The van der Waals surface area contributed by atoms with Crippen LogP contribution in [0.5, 0.6) is 0 Å². The minimum Gasteiger partial charge on any atom is -0.355 e. The number of aromatic nitrogens is 2. The predicted molar refractivity (Wildman–Crippen MR) is 109 cm³/mol. The van der Waals surface area contributed by atoms with Crippen LogP contribution in [0.2, 0.25) is 0 Å². The number of hydrogen-bond donors (Lipinski definition) is 1. The van der Waals surface area contributed by atoms with Crippen molar-refractivity contribution in [3.63, 3.8) is 0 Å². The van der Waals surface area contributed by atoms with Crippen LogP contribution in [0.3, 0.4) is 0 Å². The third kappa shape index (κ3) is 3.58. The van der Waals surface area contributed by atoms with E-state index in [1.807, 2.05) is 29.8 Å². The Balaban J connectivity index is 1.61. The number of carbonyl (C=O) groups excluding carboxylic acids is 1. The minimum absolute atomic E-state index is 0.00403. The van der Waals surface area contributed by atoms with Crippen molar-refractivity contribution >= 4 is 50.6 Å². The third-order valence-electron chi connectivity index (χ3n) is 4.38. The molecular weight excluding hydrogens is 386 g/mol. The number of rotatable bonds is 7. The lowest BCUT2D eigenvalue weighted by Gasteiger charge is -2.10. The molecule has 0 aromatic carbocycles. The zero-order valence-corrected chi connectivity index (χ0v) is 16.8. The fourth-order valence-electron chi connectivity index (χ4n) is 2.77. The summed E-state index contributed by atoms with van der Waals surface area (Å²) in [6.45, 7) is 3.23. The molecule has 26 heavy (non-hydrogen) atoms. The summed E-state index contributed by atoms with van der Waals surface area (Å²) in [4.78, 5) is 31.6. The Kier molecular flexibility index (Phi) is 5.15. The predicted octanol–water partition coefficient (Wildman–Crippen LogP) is 3.82. The molecule has 136 valence electrons. The van der Waals surface area contributed by atoms with Gasteiger partial charge in [-0.1, -0.05) is 17.8 Å². The van der Waals surface area contributed by atoms with E-state index in [0.717, 1.165) is 21.8 Å². The number of fused-ring (bicyclic) bond motifs is 1. The van der Waals surface area contributed by atoms with Crippen LogP contribution in [-0.4, -0.2) is 27.8 Å². The smallest absolute Gasteiger partial charge is 0.263 e. The first-order valence-corrected chi connectivity index (χ1v) is 11.4. The topological polar surface area (TPSA) is 64.0 Å². The summed E-state index contributed by atoms with van der Waals surface area (Å²) >= 11 is 4.44. The summed E-state index contributed by atoms with van der Waals surface area (Å²) in [5, 5.41) is 8.27. The van der Waals surface area contributed by atoms with Crippen LogP contribution in [0.15, 0.2) is 32.8 Å². The van der Waals surface area contributed by atoms with Crippen molar-refractivity contribution in [2.75, 3.05) is 12.3 Å². The van der Waals surface area contributed by atoms with Gasteiger partial charge in [-0.25, -0.2) is 4.98 Å². The molecule has 1 fully saturated rings. The van der Waals surface area contributed by atoms with E-state index < -0.39 is 0 Å². The molecule has 0 unspecified atom stereocenters. The van der Waals surface area contributed by atoms with E-state index >= 15 is 0 Å². The van der Waals surface area contributed by atoms with Crippen molar-refractivity contribution in [1.29, 1.82) is 0 Å². The van der Waals surface area contributed by atoms with Crippen molar-refractivity contribution in [2.45, 2.75) is 31.5 Å². The molecule has 0 saturated heterocycles. The van der Waals surface area contributed by atoms with Crippen LogP contribution < -0.4 is 10.9 Å². The van der Waals surface area contributed by atoms with Gasteiger partial charge in [0.15, 0.2) is 5.16 Å². The Labute approximate surface area is 163 Å². The molecule has 4 rings (SSSR count).